The van der Waals surface area contributed by atoms with Crippen LogP contribution in [0.2, 0.25) is 0 Å². The molecule has 1 atom stereocenters. The lowest BCUT2D eigenvalue weighted by Gasteiger charge is -2.25. The minimum absolute atomic E-state index is 0.284. The summed E-state index contributed by atoms with van der Waals surface area (Å²) in [5.74, 6) is -0.692. The summed E-state index contributed by atoms with van der Waals surface area (Å²) in [6.07, 6.45) is 0. The summed E-state index contributed by atoms with van der Waals surface area (Å²) in [5, 5.41) is -1.27. The predicted octanol–water partition coefficient (Wildman–Crippen LogP) is 3.88. The first-order chi connectivity index (χ1) is 11.9. The van der Waals surface area contributed by atoms with Gasteiger partial charge in [0.25, 0.3) is 11.1 Å². The van der Waals surface area contributed by atoms with Gasteiger partial charge in [0, 0.05) is 12.6 Å². The molecule has 1 heterocycles. The number of carbonyl (C=O) groups is 3. The van der Waals surface area contributed by atoms with Gasteiger partial charge in [-0.3, -0.25) is 19.3 Å². The van der Waals surface area contributed by atoms with Crippen molar-refractivity contribution in [1.29, 1.82) is 0 Å². The molecule has 3 rings (SSSR count). The Morgan fingerprint density at radius 3 is 2.00 bits per heavy atom. The first-order valence-electron chi connectivity index (χ1n) is 7.86. The van der Waals surface area contributed by atoms with Crippen LogP contribution in [0.25, 0.3) is 0 Å². The molecule has 5 nitrogen and oxygen atoms in total. The van der Waals surface area contributed by atoms with Crippen molar-refractivity contribution in [2.45, 2.75) is 26.1 Å². The number of carbonyl (C=O) groups excluding carboxylic acids is 3. The van der Waals surface area contributed by atoms with Gasteiger partial charge in [-0.2, -0.15) is 0 Å². The SMILES string of the molecule is CC(=O)N(c1ccc(C)cc1)[C@H]1SC(=O)N(c2ccc(C)cc2)C1=O. The molecule has 2 aromatic carbocycles. The number of aryl methyl sites for hydroxylation is 2. The second-order valence-corrected chi connectivity index (χ2v) is 7.00. The summed E-state index contributed by atoms with van der Waals surface area (Å²) in [6.45, 7) is 5.27. The lowest BCUT2D eigenvalue weighted by Crippen LogP contribution is -2.44. The van der Waals surface area contributed by atoms with Crippen LogP contribution < -0.4 is 9.80 Å². The molecule has 1 fully saturated rings. The zero-order valence-electron chi connectivity index (χ0n) is 14.2. The Labute approximate surface area is 150 Å². The molecule has 0 spiro atoms. The number of thioether (sulfide) groups is 1. The van der Waals surface area contributed by atoms with E-state index in [1.54, 1.807) is 24.3 Å². The minimum Gasteiger partial charge on any atom is -0.290 e. The molecule has 0 saturated carbocycles. The van der Waals surface area contributed by atoms with Crippen molar-refractivity contribution in [2.75, 3.05) is 9.80 Å². The third-order valence-corrected chi connectivity index (χ3v) is 5.02. The number of imide groups is 1. The summed E-state index contributed by atoms with van der Waals surface area (Å²) in [6, 6.07) is 14.5. The van der Waals surface area contributed by atoms with Gasteiger partial charge in [0.15, 0.2) is 5.37 Å². The van der Waals surface area contributed by atoms with Crippen LogP contribution in [0.4, 0.5) is 16.2 Å². The van der Waals surface area contributed by atoms with E-state index >= 15 is 0 Å². The Morgan fingerprint density at radius 2 is 1.48 bits per heavy atom. The van der Waals surface area contributed by atoms with Crippen LogP contribution in [0, 0.1) is 13.8 Å². The van der Waals surface area contributed by atoms with Crippen molar-refractivity contribution in [3.05, 3.63) is 59.7 Å². The molecule has 25 heavy (non-hydrogen) atoms. The molecule has 1 saturated heterocycles. The normalized spacial score (nSPS) is 17.1. The predicted molar refractivity (Wildman–Crippen MR) is 99.8 cm³/mol. The standard InChI is InChI=1S/C19H18N2O3S/c1-12-4-8-15(9-5-12)20(14(3)22)18-17(23)21(19(24)25-18)16-10-6-13(2)7-11-16/h4-11,18H,1-3H3/t18-/m0/s1. The monoisotopic (exact) mass is 354 g/mol. The first kappa shape index (κ1) is 17.2. The summed E-state index contributed by atoms with van der Waals surface area (Å²) in [5.41, 5.74) is 3.21. The largest absolute Gasteiger partial charge is 0.295 e. The Hall–Kier alpha value is -2.60. The maximum absolute atomic E-state index is 12.9. The highest BCUT2D eigenvalue weighted by Crippen LogP contribution is 2.36. The number of nitrogens with zero attached hydrogens (tertiary/aromatic N) is 2. The maximum atomic E-state index is 12.9. The van der Waals surface area contributed by atoms with E-state index in [0.717, 1.165) is 27.8 Å². The summed E-state index contributed by atoms with van der Waals surface area (Å²) in [4.78, 5) is 40.0. The molecule has 6 heteroatoms. The Morgan fingerprint density at radius 1 is 0.960 bits per heavy atom. The van der Waals surface area contributed by atoms with Crippen LogP contribution in [0.15, 0.2) is 48.5 Å². The number of benzene rings is 2. The smallest absolute Gasteiger partial charge is 0.290 e. The summed E-state index contributed by atoms with van der Waals surface area (Å²) in [7, 11) is 0. The fourth-order valence-electron chi connectivity index (χ4n) is 2.68. The average Bonchev–Trinajstić information content (AvgIpc) is 2.85. The zero-order chi connectivity index (χ0) is 18.1. The van der Waals surface area contributed by atoms with Crippen LogP contribution in [0.3, 0.4) is 0 Å². The van der Waals surface area contributed by atoms with Crippen LogP contribution in [-0.4, -0.2) is 22.4 Å². The van der Waals surface area contributed by atoms with Crippen molar-refractivity contribution >= 4 is 40.2 Å². The van der Waals surface area contributed by atoms with Crippen molar-refractivity contribution in [3.63, 3.8) is 0 Å². The van der Waals surface area contributed by atoms with E-state index < -0.39 is 11.3 Å². The highest BCUT2D eigenvalue weighted by Gasteiger charge is 2.45. The number of anilines is 2. The summed E-state index contributed by atoms with van der Waals surface area (Å²) >= 11 is 0.859. The van der Waals surface area contributed by atoms with E-state index in [0.29, 0.717) is 11.4 Å². The van der Waals surface area contributed by atoms with E-state index in [9.17, 15) is 14.4 Å². The van der Waals surface area contributed by atoms with Gasteiger partial charge in [0.2, 0.25) is 5.91 Å². The molecule has 1 aliphatic rings. The lowest BCUT2D eigenvalue weighted by molar-refractivity contribution is -0.121. The second kappa shape index (κ2) is 6.72. The van der Waals surface area contributed by atoms with Gasteiger partial charge in [-0.05, 0) is 49.9 Å². The van der Waals surface area contributed by atoms with Crippen LogP contribution in [-0.2, 0) is 9.59 Å². The fraction of sp³-hybridized carbons (Fsp3) is 0.211. The molecule has 128 valence electrons. The highest BCUT2D eigenvalue weighted by atomic mass is 32.2. The summed E-state index contributed by atoms with van der Waals surface area (Å²) < 4.78 is 0. The fourth-order valence-corrected chi connectivity index (χ4v) is 3.75. The topological polar surface area (TPSA) is 57.7 Å². The van der Waals surface area contributed by atoms with E-state index in [2.05, 4.69) is 0 Å². The van der Waals surface area contributed by atoms with Crippen molar-refractivity contribution < 1.29 is 14.4 Å². The van der Waals surface area contributed by atoms with E-state index in [-0.39, 0.29) is 11.1 Å². The maximum Gasteiger partial charge on any atom is 0.295 e. The average molecular weight is 354 g/mol. The minimum atomic E-state index is -0.894. The Bertz CT molecular complexity index is 831. The highest BCUT2D eigenvalue weighted by molar-refractivity contribution is 8.16. The van der Waals surface area contributed by atoms with Crippen molar-refractivity contribution in [2.24, 2.45) is 0 Å². The molecule has 0 aliphatic carbocycles. The van der Waals surface area contributed by atoms with Gasteiger partial charge in [-0.1, -0.05) is 35.4 Å². The second-order valence-electron chi connectivity index (χ2n) is 5.97. The molecule has 0 N–H and O–H groups in total. The lowest BCUT2D eigenvalue weighted by atomic mass is 10.2. The van der Waals surface area contributed by atoms with Crippen molar-refractivity contribution in [1.82, 2.24) is 0 Å². The van der Waals surface area contributed by atoms with Gasteiger partial charge in [-0.15, -0.1) is 0 Å². The molecule has 2 aromatic rings. The van der Waals surface area contributed by atoms with Crippen LogP contribution >= 0.6 is 11.8 Å². The van der Waals surface area contributed by atoms with Gasteiger partial charge in [0.1, 0.15) is 0 Å². The van der Waals surface area contributed by atoms with Crippen LogP contribution in [0.1, 0.15) is 18.1 Å². The first-order valence-corrected chi connectivity index (χ1v) is 8.74. The number of hydrogen-bond donors (Lipinski definition) is 0. The molecule has 0 aromatic heterocycles. The molecule has 3 amide bonds. The van der Waals surface area contributed by atoms with Gasteiger partial charge >= 0.3 is 0 Å². The van der Waals surface area contributed by atoms with E-state index in [1.807, 2.05) is 38.1 Å². The molecule has 0 radical (unpaired) electrons. The Kier molecular flexibility index (Phi) is 4.63. The van der Waals surface area contributed by atoms with Gasteiger partial charge < -0.3 is 0 Å². The Balaban J connectivity index is 1.95. The molecular formula is C19H18N2O3S. The number of rotatable bonds is 3. The van der Waals surface area contributed by atoms with E-state index in [4.69, 9.17) is 0 Å². The quantitative estimate of drug-likeness (QED) is 0.839. The zero-order valence-corrected chi connectivity index (χ0v) is 15.0. The van der Waals surface area contributed by atoms with Gasteiger partial charge in [-0.25, -0.2) is 4.90 Å². The molecule has 1 aliphatic heterocycles. The van der Waals surface area contributed by atoms with Gasteiger partial charge in [0.05, 0.1) is 5.69 Å². The van der Waals surface area contributed by atoms with E-state index in [1.165, 1.54) is 11.8 Å². The molecule has 0 bridgehead atoms. The third-order valence-electron chi connectivity index (χ3n) is 4.00. The molecular weight excluding hydrogens is 336 g/mol. The number of amides is 3. The molecule has 0 unspecified atom stereocenters. The van der Waals surface area contributed by atoms with Crippen molar-refractivity contribution in [3.8, 4) is 0 Å². The van der Waals surface area contributed by atoms with Crippen LogP contribution in [0.5, 0.6) is 0 Å². The number of hydrogen-bond acceptors (Lipinski definition) is 4. The third kappa shape index (κ3) is 3.30.